The Morgan fingerprint density at radius 1 is 1.11 bits per heavy atom. The number of amides is 1. The summed E-state index contributed by atoms with van der Waals surface area (Å²) in [5.41, 5.74) is 1.60. The van der Waals surface area contributed by atoms with Gasteiger partial charge in [0.25, 0.3) is 15.9 Å². The van der Waals surface area contributed by atoms with Gasteiger partial charge in [-0.3, -0.25) is 9.52 Å². The molecular formula is C21H25ClN2O3S. The molecule has 1 heterocycles. The van der Waals surface area contributed by atoms with E-state index in [4.69, 9.17) is 11.6 Å². The van der Waals surface area contributed by atoms with Crippen molar-refractivity contribution in [2.24, 2.45) is 5.92 Å². The summed E-state index contributed by atoms with van der Waals surface area (Å²) in [6, 6.07) is 11.5. The van der Waals surface area contributed by atoms with Gasteiger partial charge in [0.2, 0.25) is 0 Å². The summed E-state index contributed by atoms with van der Waals surface area (Å²) in [7, 11) is -3.81. The minimum Gasteiger partial charge on any atom is -0.339 e. The number of carbonyl (C=O) groups excluding carboxylic acids is 1. The Kier molecular flexibility index (Phi) is 6.30. The number of nitrogens with one attached hydrogen (secondary N) is 1. The molecule has 0 radical (unpaired) electrons. The molecule has 2 aromatic carbocycles. The maximum absolute atomic E-state index is 12.8. The first-order chi connectivity index (χ1) is 13.3. The average molecular weight is 421 g/mol. The monoisotopic (exact) mass is 420 g/mol. The van der Waals surface area contributed by atoms with Gasteiger partial charge in [-0.1, -0.05) is 37.6 Å². The van der Waals surface area contributed by atoms with E-state index in [2.05, 4.69) is 18.6 Å². The van der Waals surface area contributed by atoms with Crippen LogP contribution in [0.2, 0.25) is 5.02 Å². The molecule has 5 nitrogen and oxygen atoms in total. The summed E-state index contributed by atoms with van der Waals surface area (Å²) < 4.78 is 28.3. The van der Waals surface area contributed by atoms with E-state index in [1.807, 2.05) is 12.1 Å². The van der Waals surface area contributed by atoms with E-state index >= 15 is 0 Å². The van der Waals surface area contributed by atoms with E-state index in [9.17, 15) is 13.2 Å². The van der Waals surface area contributed by atoms with Crippen molar-refractivity contribution in [1.82, 2.24) is 4.90 Å². The molecule has 0 unspecified atom stereocenters. The molecule has 0 bridgehead atoms. The van der Waals surface area contributed by atoms with Gasteiger partial charge in [0, 0.05) is 18.1 Å². The number of hydrogen-bond donors (Lipinski definition) is 1. The van der Waals surface area contributed by atoms with E-state index in [0.717, 1.165) is 24.8 Å². The third-order valence-corrected chi connectivity index (χ3v) is 6.34. The van der Waals surface area contributed by atoms with Crippen molar-refractivity contribution in [3.63, 3.8) is 0 Å². The van der Waals surface area contributed by atoms with Gasteiger partial charge in [0.05, 0.1) is 16.1 Å². The van der Waals surface area contributed by atoms with Crippen molar-refractivity contribution in [2.45, 2.75) is 38.0 Å². The van der Waals surface area contributed by atoms with Gasteiger partial charge in [-0.2, -0.15) is 0 Å². The third-order valence-electron chi connectivity index (χ3n) is 4.73. The van der Waals surface area contributed by atoms with Crippen LogP contribution in [-0.2, 0) is 16.4 Å². The number of halogens is 1. The lowest BCUT2D eigenvalue weighted by Crippen LogP contribution is -2.29. The summed E-state index contributed by atoms with van der Waals surface area (Å²) in [6.07, 6.45) is 2.80. The maximum atomic E-state index is 12.8. The number of sulfonamides is 1. The van der Waals surface area contributed by atoms with Gasteiger partial charge in [0.15, 0.2) is 0 Å². The number of rotatable bonds is 6. The van der Waals surface area contributed by atoms with Crippen molar-refractivity contribution in [2.75, 3.05) is 17.8 Å². The number of hydrogen-bond acceptors (Lipinski definition) is 3. The number of likely N-dealkylation sites (tertiary alicyclic amines) is 1. The normalized spacial score (nSPS) is 14.5. The lowest BCUT2D eigenvalue weighted by Gasteiger charge is -2.19. The highest BCUT2D eigenvalue weighted by Crippen LogP contribution is 2.26. The third kappa shape index (κ3) is 4.86. The molecule has 0 aliphatic carbocycles. The van der Waals surface area contributed by atoms with Gasteiger partial charge in [-0.15, -0.1) is 0 Å². The minimum atomic E-state index is -3.81. The Balaban J connectivity index is 1.86. The lowest BCUT2D eigenvalue weighted by atomic mass is 10.0. The van der Waals surface area contributed by atoms with Crippen molar-refractivity contribution >= 4 is 33.2 Å². The van der Waals surface area contributed by atoms with Crippen LogP contribution in [0.15, 0.2) is 47.4 Å². The van der Waals surface area contributed by atoms with E-state index in [1.165, 1.54) is 12.1 Å². The predicted molar refractivity (Wildman–Crippen MR) is 112 cm³/mol. The molecule has 28 heavy (non-hydrogen) atoms. The number of benzene rings is 2. The van der Waals surface area contributed by atoms with Gasteiger partial charge in [-0.25, -0.2) is 8.42 Å². The van der Waals surface area contributed by atoms with Crippen LogP contribution >= 0.6 is 11.6 Å². The zero-order valence-electron chi connectivity index (χ0n) is 16.1. The molecule has 1 saturated heterocycles. The van der Waals surface area contributed by atoms with Crippen molar-refractivity contribution in [1.29, 1.82) is 0 Å². The first-order valence-electron chi connectivity index (χ1n) is 9.47. The number of nitrogens with zero attached hydrogens (tertiary/aromatic N) is 1. The summed E-state index contributed by atoms with van der Waals surface area (Å²) in [6.45, 7) is 5.58. The van der Waals surface area contributed by atoms with Crippen LogP contribution in [0.5, 0.6) is 0 Å². The highest BCUT2D eigenvalue weighted by atomic mass is 35.5. The van der Waals surface area contributed by atoms with Crippen LogP contribution in [0.3, 0.4) is 0 Å². The second kappa shape index (κ2) is 8.53. The summed E-state index contributed by atoms with van der Waals surface area (Å²) in [4.78, 5) is 14.7. The second-order valence-corrected chi connectivity index (χ2v) is 9.66. The zero-order chi connectivity index (χ0) is 20.3. The molecule has 1 aliphatic heterocycles. The number of anilines is 1. The topological polar surface area (TPSA) is 66.5 Å². The first kappa shape index (κ1) is 20.7. The molecule has 3 rings (SSSR count). The fraction of sp³-hybridized carbons (Fsp3) is 0.381. The zero-order valence-corrected chi connectivity index (χ0v) is 17.7. The predicted octanol–water partition coefficient (Wildman–Crippen LogP) is 4.58. The summed E-state index contributed by atoms with van der Waals surface area (Å²) in [5, 5.41) is 0.392. The fourth-order valence-corrected chi connectivity index (χ4v) is 4.60. The first-order valence-corrected chi connectivity index (χ1v) is 11.3. The molecule has 2 aromatic rings. The van der Waals surface area contributed by atoms with Gasteiger partial charge < -0.3 is 4.90 Å². The van der Waals surface area contributed by atoms with Gasteiger partial charge in [0.1, 0.15) is 0 Å². The Morgan fingerprint density at radius 2 is 1.75 bits per heavy atom. The fourth-order valence-electron chi connectivity index (χ4n) is 3.35. The van der Waals surface area contributed by atoms with Gasteiger partial charge in [-0.05, 0) is 61.1 Å². The Hall–Kier alpha value is -2.05. The highest BCUT2D eigenvalue weighted by molar-refractivity contribution is 7.92. The van der Waals surface area contributed by atoms with E-state index < -0.39 is 10.0 Å². The number of carbonyl (C=O) groups is 1. The van der Waals surface area contributed by atoms with Crippen LogP contribution < -0.4 is 4.72 Å². The quantitative estimate of drug-likeness (QED) is 0.744. The van der Waals surface area contributed by atoms with E-state index in [-0.39, 0.29) is 22.1 Å². The molecule has 1 aliphatic rings. The molecule has 1 amide bonds. The Bertz CT molecular complexity index is 950. The molecule has 0 atom stereocenters. The SMILES string of the molecule is CC(C)Cc1ccc(S(=O)(=O)Nc2ccc(Cl)cc2C(=O)N2CCCC2)cc1. The standard InChI is InChI=1S/C21H25ClN2O3S/c1-15(2)13-16-5-8-18(9-6-16)28(26,27)23-20-10-7-17(22)14-19(20)21(25)24-11-3-4-12-24/h5-10,14-15,23H,3-4,11-13H2,1-2H3. The summed E-state index contributed by atoms with van der Waals surface area (Å²) >= 11 is 6.07. The van der Waals surface area contributed by atoms with Crippen molar-refractivity contribution < 1.29 is 13.2 Å². The molecule has 0 spiro atoms. The van der Waals surface area contributed by atoms with Crippen LogP contribution in [-0.4, -0.2) is 32.3 Å². The van der Waals surface area contributed by atoms with Crippen LogP contribution in [0, 0.1) is 5.92 Å². The Labute approximate surface area is 171 Å². The summed E-state index contributed by atoms with van der Waals surface area (Å²) in [5.74, 6) is 0.291. The molecule has 1 N–H and O–H groups in total. The Morgan fingerprint density at radius 3 is 2.36 bits per heavy atom. The van der Waals surface area contributed by atoms with Crippen molar-refractivity contribution in [3.8, 4) is 0 Å². The molecule has 150 valence electrons. The van der Waals surface area contributed by atoms with Crippen LogP contribution in [0.25, 0.3) is 0 Å². The van der Waals surface area contributed by atoms with E-state index in [0.29, 0.717) is 24.0 Å². The second-order valence-electron chi connectivity index (χ2n) is 7.54. The van der Waals surface area contributed by atoms with Gasteiger partial charge >= 0.3 is 0 Å². The van der Waals surface area contributed by atoms with Crippen LogP contribution in [0.1, 0.15) is 42.6 Å². The maximum Gasteiger partial charge on any atom is 0.261 e. The van der Waals surface area contributed by atoms with Crippen LogP contribution in [0.4, 0.5) is 5.69 Å². The highest BCUT2D eigenvalue weighted by Gasteiger charge is 2.24. The largest absolute Gasteiger partial charge is 0.339 e. The van der Waals surface area contributed by atoms with E-state index in [1.54, 1.807) is 23.1 Å². The lowest BCUT2D eigenvalue weighted by molar-refractivity contribution is 0.0794. The minimum absolute atomic E-state index is 0.162. The molecule has 0 saturated carbocycles. The average Bonchev–Trinajstić information content (AvgIpc) is 3.17. The molecule has 1 fully saturated rings. The molecule has 0 aromatic heterocycles. The molecule has 7 heteroatoms. The smallest absolute Gasteiger partial charge is 0.261 e. The molecular weight excluding hydrogens is 396 g/mol. The van der Waals surface area contributed by atoms with Crippen molar-refractivity contribution in [3.05, 3.63) is 58.6 Å².